The van der Waals surface area contributed by atoms with Gasteiger partial charge in [0.15, 0.2) is 0 Å². The van der Waals surface area contributed by atoms with Gasteiger partial charge in [0.1, 0.15) is 5.78 Å². The molecule has 1 saturated carbocycles. The second-order valence-electron chi connectivity index (χ2n) is 4.35. The number of carbonyl (C=O) groups is 2. The minimum absolute atomic E-state index is 0.00718. The first-order valence-corrected chi connectivity index (χ1v) is 5.88. The molecule has 3 heteroatoms. The van der Waals surface area contributed by atoms with Crippen molar-refractivity contribution >= 4 is 11.8 Å². The number of carbonyl (C=O) groups excluding carboxylic acids is 2. The van der Waals surface area contributed by atoms with E-state index >= 15 is 0 Å². The topological polar surface area (TPSA) is 43.4 Å². The molecule has 0 aromatic heterocycles. The Kier molecular flexibility index (Phi) is 3.27. The van der Waals surface area contributed by atoms with E-state index in [4.69, 9.17) is 4.74 Å². The molecule has 1 aliphatic rings. The summed E-state index contributed by atoms with van der Waals surface area (Å²) in [6.07, 6.45) is 0. The van der Waals surface area contributed by atoms with Gasteiger partial charge >= 0.3 is 5.97 Å². The molecule has 3 nitrogen and oxygen atoms in total. The number of benzene rings is 1. The van der Waals surface area contributed by atoms with Crippen molar-refractivity contribution in [3.8, 4) is 0 Å². The number of hydrogen-bond donors (Lipinski definition) is 0. The van der Waals surface area contributed by atoms with Gasteiger partial charge in [0.2, 0.25) is 0 Å². The molecule has 0 radical (unpaired) electrons. The summed E-state index contributed by atoms with van der Waals surface area (Å²) in [6, 6.07) is 9.69. The van der Waals surface area contributed by atoms with E-state index < -0.39 is 0 Å². The van der Waals surface area contributed by atoms with Crippen LogP contribution in [-0.4, -0.2) is 18.4 Å². The lowest BCUT2D eigenvalue weighted by Gasteiger charge is -2.00. The van der Waals surface area contributed by atoms with Gasteiger partial charge < -0.3 is 4.74 Å². The number of hydrogen-bond acceptors (Lipinski definition) is 3. The predicted molar refractivity (Wildman–Crippen MR) is 63.5 cm³/mol. The molecule has 0 spiro atoms. The Labute approximate surface area is 101 Å². The van der Waals surface area contributed by atoms with Gasteiger partial charge in [-0.15, -0.1) is 0 Å². The van der Waals surface area contributed by atoms with Crippen LogP contribution in [-0.2, 0) is 14.3 Å². The van der Waals surface area contributed by atoms with Crippen molar-refractivity contribution < 1.29 is 14.3 Å². The summed E-state index contributed by atoms with van der Waals surface area (Å²) in [5, 5.41) is 0. The Balaban J connectivity index is 2.18. The molecule has 1 aliphatic carbocycles. The summed E-state index contributed by atoms with van der Waals surface area (Å²) in [6.45, 7) is 3.68. The minimum Gasteiger partial charge on any atom is -0.466 e. The molecule has 90 valence electrons. The van der Waals surface area contributed by atoms with Crippen LogP contribution in [0, 0.1) is 11.8 Å². The number of ketones is 1. The Morgan fingerprint density at radius 3 is 2.35 bits per heavy atom. The molecule has 1 aromatic carbocycles. The van der Waals surface area contributed by atoms with Gasteiger partial charge in [-0.05, 0) is 19.4 Å². The molecule has 1 fully saturated rings. The van der Waals surface area contributed by atoms with E-state index in [0.717, 1.165) is 5.56 Å². The average Bonchev–Trinajstić information content (AvgIpc) is 3.06. The van der Waals surface area contributed by atoms with Gasteiger partial charge in [0.25, 0.3) is 0 Å². The highest BCUT2D eigenvalue weighted by Crippen LogP contribution is 2.54. The van der Waals surface area contributed by atoms with Gasteiger partial charge in [0, 0.05) is 11.8 Å². The monoisotopic (exact) mass is 232 g/mol. The summed E-state index contributed by atoms with van der Waals surface area (Å²) in [7, 11) is 0. The van der Waals surface area contributed by atoms with E-state index in [1.807, 2.05) is 30.3 Å². The molecule has 3 atom stereocenters. The highest BCUT2D eigenvalue weighted by Gasteiger charge is 2.58. The lowest BCUT2D eigenvalue weighted by Crippen LogP contribution is -2.10. The summed E-state index contributed by atoms with van der Waals surface area (Å²) < 4.78 is 5.01. The van der Waals surface area contributed by atoms with Gasteiger partial charge in [-0.25, -0.2) is 0 Å². The van der Waals surface area contributed by atoms with Crippen LogP contribution < -0.4 is 0 Å². The molecule has 0 saturated heterocycles. The van der Waals surface area contributed by atoms with Crippen molar-refractivity contribution in [3.05, 3.63) is 35.9 Å². The average molecular weight is 232 g/mol. The molecule has 0 N–H and O–H groups in total. The Bertz CT molecular complexity index is 424. The van der Waals surface area contributed by atoms with Crippen molar-refractivity contribution in [3.63, 3.8) is 0 Å². The molecule has 0 amide bonds. The summed E-state index contributed by atoms with van der Waals surface area (Å²) in [5.41, 5.74) is 1.05. The first-order chi connectivity index (χ1) is 8.16. The quantitative estimate of drug-likeness (QED) is 0.747. The van der Waals surface area contributed by atoms with Crippen LogP contribution >= 0.6 is 0 Å². The van der Waals surface area contributed by atoms with E-state index in [0.29, 0.717) is 6.61 Å². The predicted octanol–water partition coefficient (Wildman–Crippen LogP) is 2.17. The third kappa shape index (κ3) is 2.23. The van der Waals surface area contributed by atoms with Crippen molar-refractivity contribution in [2.45, 2.75) is 19.8 Å². The van der Waals surface area contributed by atoms with E-state index in [2.05, 4.69) is 0 Å². The fourth-order valence-electron chi connectivity index (χ4n) is 2.44. The largest absolute Gasteiger partial charge is 0.466 e. The molecule has 2 rings (SSSR count). The van der Waals surface area contributed by atoms with Crippen LogP contribution in [0.15, 0.2) is 30.3 Å². The van der Waals surface area contributed by atoms with Crippen LogP contribution in [0.1, 0.15) is 25.3 Å². The zero-order chi connectivity index (χ0) is 12.4. The maximum atomic E-state index is 11.7. The van der Waals surface area contributed by atoms with Gasteiger partial charge in [0.05, 0.1) is 12.5 Å². The highest BCUT2D eigenvalue weighted by atomic mass is 16.5. The minimum atomic E-state index is -0.283. The van der Waals surface area contributed by atoms with Crippen LogP contribution in [0.5, 0.6) is 0 Å². The maximum absolute atomic E-state index is 11.7. The molecule has 17 heavy (non-hydrogen) atoms. The van der Waals surface area contributed by atoms with Crippen LogP contribution in [0.25, 0.3) is 0 Å². The maximum Gasteiger partial charge on any atom is 0.310 e. The van der Waals surface area contributed by atoms with Gasteiger partial charge in [-0.2, -0.15) is 0 Å². The van der Waals surface area contributed by atoms with Crippen molar-refractivity contribution in [2.75, 3.05) is 6.61 Å². The SMILES string of the molecule is CCOC(=O)[C@H]1[C@@H](C(C)=O)[C@@H]1c1ccccc1. The lowest BCUT2D eigenvalue weighted by atomic mass is 10.1. The Hall–Kier alpha value is -1.64. The smallest absolute Gasteiger partial charge is 0.310 e. The van der Waals surface area contributed by atoms with Crippen LogP contribution in [0.3, 0.4) is 0 Å². The fraction of sp³-hybridized carbons (Fsp3) is 0.429. The number of rotatable bonds is 4. The van der Waals surface area contributed by atoms with Gasteiger partial charge in [-0.1, -0.05) is 30.3 Å². The normalized spacial score (nSPS) is 26.4. The Morgan fingerprint density at radius 2 is 1.82 bits per heavy atom. The number of ether oxygens (including phenoxy) is 1. The van der Waals surface area contributed by atoms with Crippen molar-refractivity contribution in [1.82, 2.24) is 0 Å². The van der Waals surface area contributed by atoms with E-state index in [9.17, 15) is 9.59 Å². The fourth-order valence-corrected chi connectivity index (χ4v) is 2.44. The second kappa shape index (κ2) is 4.70. The zero-order valence-corrected chi connectivity index (χ0v) is 10.1. The second-order valence-corrected chi connectivity index (χ2v) is 4.35. The van der Waals surface area contributed by atoms with Crippen molar-refractivity contribution in [2.24, 2.45) is 11.8 Å². The van der Waals surface area contributed by atoms with E-state index in [-0.39, 0.29) is 29.5 Å². The lowest BCUT2D eigenvalue weighted by molar-refractivity contribution is -0.145. The first-order valence-electron chi connectivity index (χ1n) is 5.88. The molecule has 0 heterocycles. The molecular formula is C14H16O3. The molecule has 1 aromatic rings. The Morgan fingerprint density at radius 1 is 1.18 bits per heavy atom. The summed E-state index contributed by atoms with van der Waals surface area (Å²) in [5.74, 6) is -0.655. The highest BCUT2D eigenvalue weighted by molar-refractivity contribution is 5.92. The summed E-state index contributed by atoms with van der Waals surface area (Å²) in [4.78, 5) is 23.2. The summed E-state index contributed by atoms with van der Waals surface area (Å²) >= 11 is 0. The van der Waals surface area contributed by atoms with E-state index in [1.54, 1.807) is 13.8 Å². The van der Waals surface area contributed by atoms with Crippen LogP contribution in [0.2, 0.25) is 0 Å². The number of Topliss-reactive ketones (excluding diaryl/α,β-unsaturated/α-hetero) is 1. The molecule has 0 aliphatic heterocycles. The standard InChI is InChI=1S/C14H16O3/c1-3-17-14(16)13-11(9(2)15)12(13)10-7-5-4-6-8-10/h4-8,11-13H,3H2,1-2H3/t11-,12-,13-/m0/s1. The first kappa shape index (κ1) is 11.8. The third-order valence-electron chi connectivity index (χ3n) is 3.23. The molecule has 0 unspecified atom stereocenters. The number of esters is 1. The van der Waals surface area contributed by atoms with Crippen molar-refractivity contribution in [1.29, 1.82) is 0 Å². The van der Waals surface area contributed by atoms with Gasteiger partial charge in [-0.3, -0.25) is 9.59 Å². The molecule has 0 bridgehead atoms. The van der Waals surface area contributed by atoms with Crippen LogP contribution in [0.4, 0.5) is 0 Å². The van der Waals surface area contributed by atoms with E-state index in [1.165, 1.54) is 0 Å². The third-order valence-corrected chi connectivity index (χ3v) is 3.23. The molecular weight excluding hydrogens is 216 g/mol. The zero-order valence-electron chi connectivity index (χ0n) is 10.1.